The molecule has 0 aliphatic carbocycles. The molecule has 2 fully saturated rings. The maximum atomic E-state index is 12.9. The molecular formula is C28H32O9. The van der Waals surface area contributed by atoms with Crippen LogP contribution in [0.2, 0.25) is 0 Å². The number of rotatable bonds is 6. The summed E-state index contributed by atoms with van der Waals surface area (Å²) < 4.78 is 33.8. The maximum absolute atomic E-state index is 12.9. The second-order valence-corrected chi connectivity index (χ2v) is 10.2. The van der Waals surface area contributed by atoms with Crippen LogP contribution in [0.4, 0.5) is 0 Å². The van der Waals surface area contributed by atoms with E-state index in [1.54, 1.807) is 33.1 Å². The first-order valence-electron chi connectivity index (χ1n) is 12.0. The van der Waals surface area contributed by atoms with Gasteiger partial charge in [-0.1, -0.05) is 24.3 Å². The van der Waals surface area contributed by atoms with Crippen molar-refractivity contribution in [3.05, 3.63) is 64.2 Å². The van der Waals surface area contributed by atoms with Gasteiger partial charge in [0.2, 0.25) is 0 Å². The van der Waals surface area contributed by atoms with Crippen LogP contribution >= 0.6 is 0 Å². The van der Waals surface area contributed by atoms with E-state index in [1.807, 2.05) is 38.1 Å². The highest BCUT2D eigenvalue weighted by Gasteiger charge is 2.47. The molecular weight excluding hydrogens is 480 g/mol. The highest BCUT2D eigenvalue weighted by Crippen LogP contribution is 2.36. The number of esters is 2. The Hall–Kier alpha value is -3.11. The first kappa shape index (κ1) is 26.9. The third-order valence-electron chi connectivity index (χ3n) is 6.77. The molecule has 2 aromatic carbocycles. The normalized spacial score (nSPS) is 27.8. The lowest BCUT2D eigenvalue weighted by molar-refractivity contribution is -0.245. The van der Waals surface area contributed by atoms with Crippen molar-refractivity contribution in [2.24, 2.45) is 10.8 Å². The number of carbonyl (C=O) groups excluding carboxylic acids is 3. The predicted octanol–water partition coefficient (Wildman–Crippen LogP) is 4.00. The topological polar surface area (TPSA) is 107 Å². The van der Waals surface area contributed by atoms with Crippen LogP contribution in [0, 0.1) is 24.7 Å². The Kier molecular flexibility index (Phi) is 7.80. The molecule has 9 nitrogen and oxygen atoms in total. The molecule has 2 heterocycles. The predicted molar refractivity (Wildman–Crippen MR) is 131 cm³/mol. The molecule has 2 aromatic rings. The number of ether oxygens (including phenoxy) is 6. The lowest BCUT2D eigenvalue weighted by atomic mass is 9.90. The smallest absolute Gasteiger partial charge is 0.324 e. The summed E-state index contributed by atoms with van der Waals surface area (Å²) in [6, 6.07) is 10.8. The molecule has 2 saturated heterocycles. The van der Waals surface area contributed by atoms with Crippen LogP contribution in [0.3, 0.4) is 0 Å². The van der Waals surface area contributed by atoms with E-state index in [4.69, 9.17) is 28.4 Å². The molecule has 2 aliphatic rings. The molecule has 0 spiro atoms. The quantitative estimate of drug-likeness (QED) is 0.322. The fraction of sp³-hybridized carbons (Fsp3) is 0.464. The average molecular weight is 513 g/mol. The number of aryl methyl sites for hydroxylation is 2. The zero-order valence-corrected chi connectivity index (χ0v) is 21.7. The van der Waals surface area contributed by atoms with Crippen molar-refractivity contribution in [1.29, 1.82) is 0 Å². The van der Waals surface area contributed by atoms with Crippen LogP contribution in [-0.2, 0) is 33.3 Å². The van der Waals surface area contributed by atoms with Gasteiger partial charge in [-0.15, -0.1) is 0 Å². The number of hydrogen-bond donors (Lipinski definition) is 0. The summed E-state index contributed by atoms with van der Waals surface area (Å²) in [5.41, 5.74) is 1.54. The Balaban J connectivity index is 1.32. The second-order valence-electron chi connectivity index (χ2n) is 10.2. The van der Waals surface area contributed by atoms with Crippen molar-refractivity contribution in [3.63, 3.8) is 0 Å². The van der Waals surface area contributed by atoms with Gasteiger partial charge in [0.25, 0.3) is 0 Å². The fourth-order valence-electron chi connectivity index (χ4n) is 4.20. The minimum Gasteiger partial charge on any atom is -0.496 e. The van der Waals surface area contributed by atoms with Crippen molar-refractivity contribution in [2.75, 3.05) is 33.5 Å². The van der Waals surface area contributed by atoms with Gasteiger partial charge in [0.1, 0.15) is 22.9 Å². The molecule has 9 heteroatoms. The number of aldehydes is 1. The van der Waals surface area contributed by atoms with Crippen molar-refractivity contribution in [3.8, 4) is 5.75 Å². The van der Waals surface area contributed by atoms with Crippen molar-refractivity contribution in [2.45, 2.75) is 40.3 Å². The second kappa shape index (κ2) is 10.7. The number of carbonyl (C=O) groups is 3. The summed E-state index contributed by atoms with van der Waals surface area (Å²) in [6.07, 6.45) is -0.540. The van der Waals surface area contributed by atoms with Gasteiger partial charge in [-0.25, -0.2) is 0 Å². The van der Waals surface area contributed by atoms with E-state index in [9.17, 15) is 14.4 Å². The van der Waals surface area contributed by atoms with E-state index in [1.165, 1.54) is 0 Å². The summed E-state index contributed by atoms with van der Waals surface area (Å²) in [7, 11) is 1.60. The van der Waals surface area contributed by atoms with Gasteiger partial charge in [-0.3, -0.25) is 14.4 Å². The molecule has 37 heavy (non-hydrogen) atoms. The zero-order chi connectivity index (χ0) is 26.8. The lowest BCUT2D eigenvalue weighted by Crippen LogP contribution is -2.48. The monoisotopic (exact) mass is 512 g/mol. The molecule has 4 rings (SSSR count). The van der Waals surface area contributed by atoms with E-state index in [0.29, 0.717) is 5.56 Å². The molecule has 0 atom stereocenters. The summed E-state index contributed by atoms with van der Waals surface area (Å²) in [6.45, 7) is 7.05. The fourth-order valence-corrected chi connectivity index (χ4v) is 4.20. The molecule has 0 amide bonds. The van der Waals surface area contributed by atoms with Gasteiger partial charge >= 0.3 is 11.9 Å². The minimum absolute atomic E-state index is 0.000862. The lowest BCUT2D eigenvalue weighted by Gasteiger charge is -2.38. The highest BCUT2D eigenvalue weighted by atomic mass is 16.7. The Morgan fingerprint density at radius 3 is 1.68 bits per heavy atom. The largest absolute Gasteiger partial charge is 0.496 e. The van der Waals surface area contributed by atoms with Crippen LogP contribution < -0.4 is 4.74 Å². The van der Waals surface area contributed by atoms with Crippen molar-refractivity contribution < 1.29 is 42.8 Å². The van der Waals surface area contributed by atoms with Gasteiger partial charge < -0.3 is 28.4 Å². The maximum Gasteiger partial charge on any atom is 0.324 e. The van der Waals surface area contributed by atoms with E-state index in [2.05, 4.69) is 0 Å². The summed E-state index contributed by atoms with van der Waals surface area (Å²) in [5.74, 6) is -0.712. The molecule has 0 saturated carbocycles. The SMILES string of the molecule is COc1ccc(C2OCC(C)(C(=O)OC(=O)C3(C)COC(c4ccc(C=O)c(C)c4)OC3)CO2)cc1C. The molecule has 198 valence electrons. The first-order chi connectivity index (χ1) is 17.6. The van der Waals surface area contributed by atoms with Gasteiger partial charge in [-0.05, 0) is 51.0 Å². The Labute approximate surface area is 215 Å². The van der Waals surface area contributed by atoms with Gasteiger partial charge in [0.15, 0.2) is 12.6 Å². The van der Waals surface area contributed by atoms with Gasteiger partial charge in [-0.2, -0.15) is 0 Å². The molecule has 0 N–H and O–H groups in total. The van der Waals surface area contributed by atoms with Crippen molar-refractivity contribution >= 4 is 18.2 Å². The van der Waals surface area contributed by atoms with Crippen LogP contribution in [-0.4, -0.2) is 51.8 Å². The first-order valence-corrected chi connectivity index (χ1v) is 12.0. The van der Waals surface area contributed by atoms with E-state index in [-0.39, 0.29) is 26.4 Å². The van der Waals surface area contributed by atoms with E-state index < -0.39 is 35.3 Å². The molecule has 2 aliphatic heterocycles. The zero-order valence-electron chi connectivity index (χ0n) is 21.7. The molecule has 0 radical (unpaired) electrons. The molecule has 0 aromatic heterocycles. The standard InChI is InChI=1S/C28H32O9/c1-17-10-19(6-7-21(17)12-29)23-33-13-27(3,14-34-23)25(30)37-26(31)28(4)15-35-24(36-16-28)20-8-9-22(32-5)18(2)11-20/h6-12,23-24H,13-16H2,1-5H3. The summed E-state index contributed by atoms with van der Waals surface area (Å²) in [4.78, 5) is 36.9. The Bertz CT molecular complexity index is 1170. The number of methoxy groups -OCH3 is 1. The number of benzene rings is 2. The number of hydrogen-bond acceptors (Lipinski definition) is 9. The molecule has 0 unspecified atom stereocenters. The van der Waals surface area contributed by atoms with E-state index in [0.717, 1.165) is 34.3 Å². The van der Waals surface area contributed by atoms with Crippen LogP contribution in [0.1, 0.15) is 59.0 Å². The summed E-state index contributed by atoms with van der Waals surface area (Å²) in [5, 5.41) is 0. The molecule has 0 bridgehead atoms. The van der Waals surface area contributed by atoms with Crippen LogP contribution in [0.5, 0.6) is 5.75 Å². The van der Waals surface area contributed by atoms with Crippen molar-refractivity contribution in [1.82, 2.24) is 0 Å². The van der Waals surface area contributed by atoms with Gasteiger partial charge in [0.05, 0.1) is 33.5 Å². The van der Waals surface area contributed by atoms with Crippen LogP contribution in [0.25, 0.3) is 0 Å². The highest BCUT2D eigenvalue weighted by molar-refractivity contribution is 5.91. The Morgan fingerprint density at radius 2 is 1.27 bits per heavy atom. The van der Waals surface area contributed by atoms with Crippen LogP contribution in [0.15, 0.2) is 36.4 Å². The summed E-state index contributed by atoms with van der Waals surface area (Å²) >= 11 is 0. The third kappa shape index (κ3) is 5.60. The van der Waals surface area contributed by atoms with Gasteiger partial charge in [0, 0.05) is 16.7 Å². The van der Waals surface area contributed by atoms with E-state index >= 15 is 0 Å². The minimum atomic E-state index is -1.17. The Morgan fingerprint density at radius 1 is 0.811 bits per heavy atom. The average Bonchev–Trinajstić information content (AvgIpc) is 2.89. The third-order valence-corrected chi connectivity index (χ3v) is 6.77.